The molecule has 0 saturated heterocycles. The van der Waals surface area contributed by atoms with Gasteiger partial charge in [0.05, 0.1) is 17.8 Å². The lowest BCUT2D eigenvalue weighted by Gasteiger charge is -2.23. The van der Waals surface area contributed by atoms with E-state index in [4.69, 9.17) is 23.2 Å². The maximum Gasteiger partial charge on any atom is 0.252 e. The van der Waals surface area contributed by atoms with Crippen LogP contribution in [-0.4, -0.2) is 25.5 Å². The van der Waals surface area contributed by atoms with Crippen LogP contribution in [0, 0.1) is 5.82 Å². The molecule has 136 valence electrons. The van der Waals surface area contributed by atoms with Crippen LogP contribution in [0.1, 0.15) is 19.4 Å². The van der Waals surface area contributed by atoms with E-state index in [0.717, 1.165) is 0 Å². The summed E-state index contributed by atoms with van der Waals surface area (Å²) in [6.07, 6.45) is 4.67. The number of carbonyl (C=O) groups excluding carboxylic acids is 1. The molecule has 2 heterocycles. The molecule has 0 aliphatic heterocycles. The van der Waals surface area contributed by atoms with E-state index in [2.05, 4.69) is 15.5 Å². The third kappa shape index (κ3) is 3.73. The van der Waals surface area contributed by atoms with Gasteiger partial charge in [-0.3, -0.25) is 14.2 Å². The van der Waals surface area contributed by atoms with Gasteiger partial charge in [-0.1, -0.05) is 29.3 Å². The van der Waals surface area contributed by atoms with Crippen molar-refractivity contribution < 1.29 is 9.18 Å². The SMILES string of the molecule is CC(C)(C(=O)Nc1ccn(Cc2c(F)cccc2Cl)n1)n1cc(Cl)cn1. The summed E-state index contributed by atoms with van der Waals surface area (Å²) in [4.78, 5) is 12.6. The Balaban J connectivity index is 1.73. The van der Waals surface area contributed by atoms with Crippen molar-refractivity contribution in [2.24, 2.45) is 0 Å². The molecule has 0 aliphatic carbocycles. The first-order valence-electron chi connectivity index (χ1n) is 7.76. The molecule has 1 N–H and O–H groups in total. The predicted octanol–water partition coefficient (Wildman–Crippen LogP) is 3.95. The molecule has 1 aromatic carbocycles. The summed E-state index contributed by atoms with van der Waals surface area (Å²) in [5.41, 5.74) is -0.632. The van der Waals surface area contributed by atoms with E-state index < -0.39 is 11.4 Å². The summed E-state index contributed by atoms with van der Waals surface area (Å²) in [7, 11) is 0. The molecule has 2 aromatic heterocycles. The standard InChI is InChI=1S/C17H16Cl2FN5O/c1-17(2,25-9-11(18)8-21-25)16(26)22-15-6-7-24(23-15)10-12-13(19)4-3-5-14(12)20/h3-9H,10H2,1-2H3,(H,22,23,26). The molecule has 3 rings (SSSR count). The highest BCUT2D eigenvalue weighted by Crippen LogP contribution is 2.21. The van der Waals surface area contributed by atoms with Crippen LogP contribution in [0.2, 0.25) is 10.0 Å². The van der Waals surface area contributed by atoms with Gasteiger partial charge in [-0.25, -0.2) is 4.39 Å². The first-order chi connectivity index (χ1) is 12.3. The summed E-state index contributed by atoms with van der Waals surface area (Å²) < 4.78 is 16.9. The molecular formula is C17H16Cl2FN5O. The zero-order chi connectivity index (χ0) is 18.9. The molecule has 0 atom stereocenters. The van der Waals surface area contributed by atoms with Crippen molar-refractivity contribution in [1.29, 1.82) is 0 Å². The van der Waals surface area contributed by atoms with Gasteiger partial charge in [-0.2, -0.15) is 10.2 Å². The molecule has 0 saturated carbocycles. The lowest BCUT2D eigenvalue weighted by molar-refractivity contribution is -0.123. The van der Waals surface area contributed by atoms with Crippen LogP contribution < -0.4 is 5.32 Å². The van der Waals surface area contributed by atoms with E-state index in [1.165, 1.54) is 21.6 Å². The third-order valence-corrected chi connectivity index (χ3v) is 4.49. The topological polar surface area (TPSA) is 64.7 Å². The summed E-state index contributed by atoms with van der Waals surface area (Å²) in [5, 5.41) is 11.8. The molecule has 0 unspecified atom stereocenters. The van der Waals surface area contributed by atoms with Gasteiger partial charge in [0.25, 0.3) is 5.91 Å². The minimum Gasteiger partial charge on any atom is -0.307 e. The zero-order valence-electron chi connectivity index (χ0n) is 14.1. The number of hydrogen-bond acceptors (Lipinski definition) is 3. The van der Waals surface area contributed by atoms with E-state index in [1.54, 1.807) is 44.4 Å². The predicted molar refractivity (Wildman–Crippen MR) is 97.9 cm³/mol. The largest absolute Gasteiger partial charge is 0.307 e. The third-order valence-electron chi connectivity index (χ3n) is 3.94. The average Bonchev–Trinajstić information content (AvgIpc) is 3.20. The summed E-state index contributed by atoms with van der Waals surface area (Å²) in [5.74, 6) is -0.379. The van der Waals surface area contributed by atoms with E-state index >= 15 is 0 Å². The Labute approximate surface area is 159 Å². The highest BCUT2D eigenvalue weighted by molar-refractivity contribution is 6.31. The highest BCUT2D eigenvalue weighted by atomic mass is 35.5. The molecule has 6 nitrogen and oxygen atoms in total. The van der Waals surface area contributed by atoms with Gasteiger partial charge in [-0.05, 0) is 26.0 Å². The molecule has 0 spiro atoms. The monoisotopic (exact) mass is 395 g/mol. The maximum atomic E-state index is 13.9. The van der Waals surface area contributed by atoms with Crippen LogP contribution in [0.3, 0.4) is 0 Å². The van der Waals surface area contributed by atoms with Crippen molar-refractivity contribution in [3.8, 4) is 0 Å². The van der Waals surface area contributed by atoms with Gasteiger partial charge < -0.3 is 5.32 Å². The van der Waals surface area contributed by atoms with Gasteiger partial charge in [0.2, 0.25) is 0 Å². The molecule has 3 aromatic rings. The average molecular weight is 396 g/mol. The fourth-order valence-corrected chi connectivity index (χ4v) is 2.70. The number of nitrogens with zero attached hydrogens (tertiary/aromatic N) is 4. The van der Waals surface area contributed by atoms with Gasteiger partial charge in [0, 0.05) is 29.0 Å². The number of rotatable bonds is 5. The molecular weight excluding hydrogens is 380 g/mol. The lowest BCUT2D eigenvalue weighted by Crippen LogP contribution is -2.40. The Morgan fingerprint density at radius 2 is 2.08 bits per heavy atom. The minimum absolute atomic E-state index is 0.152. The summed E-state index contributed by atoms with van der Waals surface area (Å²) in [6, 6.07) is 6.12. The smallest absolute Gasteiger partial charge is 0.252 e. The fraction of sp³-hybridized carbons (Fsp3) is 0.235. The van der Waals surface area contributed by atoms with Crippen LogP contribution in [0.4, 0.5) is 10.2 Å². The van der Waals surface area contributed by atoms with Gasteiger partial charge >= 0.3 is 0 Å². The number of anilines is 1. The Bertz CT molecular complexity index is 930. The van der Waals surface area contributed by atoms with Crippen LogP contribution >= 0.6 is 23.2 Å². The number of nitrogens with one attached hydrogen (secondary N) is 1. The van der Waals surface area contributed by atoms with Gasteiger partial charge in [0.15, 0.2) is 5.82 Å². The normalized spacial score (nSPS) is 11.6. The Morgan fingerprint density at radius 3 is 2.73 bits per heavy atom. The van der Waals surface area contributed by atoms with Crippen molar-refractivity contribution in [2.45, 2.75) is 25.9 Å². The van der Waals surface area contributed by atoms with Crippen LogP contribution in [0.25, 0.3) is 0 Å². The van der Waals surface area contributed by atoms with Crippen LogP contribution in [-0.2, 0) is 16.9 Å². The first kappa shape index (κ1) is 18.4. The fourth-order valence-electron chi connectivity index (χ4n) is 2.34. The zero-order valence-corrected chi connectivity index (χ0v) is 15.6. The molecule has 1 amide bonds. The lowest BCUT2D eigenvalue weighted by atomic mass is 10.1. The number of halogens is 3. The molecule has 0 fully saturated rings. The van der Waals surface area contributed by atoms with Crippen molar-refractivity contribution in [2.75, 3.05) is 5.32 Å². The van der Waals surface area contributed by atoms with Crippen molar-refractivity contribution in [3.63, 3.8) is 0 Å². The van der Waals surface area contributed by atoms with Crippen LogP contribution in [0.5, 0.6) is 0 Å². The summed E-state index contributed by atoms with van der Waals surface area (Å²) in [6.45, 7) is 3.57. The Morgan fingerprint density at radius 1 is 1.31 bits per heavy atom. The number of carbonyl (C=O) groups is 1. The van der Waals surface area contributed by atoms with Crippen molar-refractivity contribution >= 4 is 34.9 Å². The number of amides is 1. The molecule has 0 aliphatic rings. The van der Waals surface area contributed by atoms with Gasteiger partial charge in [0.1, 0.15) is 11.4 Å². The number of hydrogen-bond donors (Lipinski definition) is 1. The number of aromatic nitrogens is 4. The van der Waals surface area contributed by atoms with E-state index in [1.807, 2.05) is 0 Å². The maximum absolute atomic E-state index is 13.9. The summed E-state index contributed by atoms with van der Waals surface area (Å²) >= 11 is 11.9. The molecule has 9 heteroatoms. The second kappa shape index (κ2) is 7.09. The molecule has 26 heavy (non-hydrogen) atoms. The van der Waals surface area contributed by atoms with Gasteiger partial charge in [-0.15, -0.1) is 0 Å². The van der Waals surface area contributed by atoms with Crippen molar-refractivity contribution in [1.82, 2.24) is 19.6 Å². The highest BCUT2D eigenvalue weighted by Gasteiger charge is 2.31. The quantitative estimate of drug-likeness (QED) is 0.711. The van der Waals surface area contributed by atoms with Crippen molar-refractivity contribution in [3.05, 3.63) is 64.3 Å². The second-order valence-corrected chi connectivity index (χ2v) is 7.06. The number of benzene rings is 1. The Hall–Kier alpha value is -2.38. The molecule has 0 bridgehead atoms. The van der Waals surface area contributed by atoms with E-state index in [-0.39, 0.29) is 12.5 Å². The molecule has 0 radical (unpaired) electrons. The minimum atomic E-state index is -0.967. The van der Waals surface area contributed by atoms with Crippen LogP contribution in [0.15, 0.2) is 42.9 Å². The second-order valence-electron chi connectivity index (χ2n) is 6.22. The van der Waals surface area contributed by atoms with E-state index in [9.17, 15) is 9.18 Å². The first-order valence-corrected chi connectivity index (χ1v) is 8.51. The Kier molecular flexibility index (Phi) is 5.02. The van der Waals surface area contributed by atoms with E-state index in [0.29, 0.717) is 21.4 Å².